The number of carbonyl (C=O) groups excluding carboxylic acids is 1. The van der Waals surface area contributed by atoms with Crippen LogP contribution in [0.3, 0.4) is 0 Å². The second-order valence-corrected chi connectivity index (χ2v) is 7.69. The highest BCUT2D eigenvalue weighted by molar-refractivity contribution is 8.00. The van der Waals surface area contributed by atoms with Crippen molar-refractivity contribution in [1.29, 1.82) is 0 Å². The molecule has 9 heteroatoms. The van der Waals surface area contributed by atoms with Gasteiger partial charge in [-0.2, -0.15) is 13.2 Å². The molecule has 2 aromatic rings. The van der Waals surface area contributed by atoms with Crippen molar-refractivity contribution < 1.29 is 18.0 Å². The summed E-state index contributed by atoms with van der Waals surface area (Å²) in [6.45, 7) is 0.0332. The number of amides is 1. The molecule has 1 aromatic carbocycles. The number of thioether (sulfide) groups is 1. The number of nitrogens with one attached hydrogen (secondary N) is 1. The van der Waals surface area contributed by atoms with Gasteiger partial charge in [0.15, 0.2) is 0 Å². The second-order valence-electron chi connectivity index (χ2n) is 6.35. The third kappa shape index (κ3) is 4.91. The molecule has 0 unspecified atom stereocenters. The van der Waals surface area contributed by atoms with E-state index < -0.39 is 17.6 Å². The fourth-order valence-corrected chi connectivity index (χ4v) is 4.34. The van der Waals surface area contributed by atoms with E-state index in [1.165, 1.54) is 36.4 Å². The lowest BCUT2D eigenvalue weighted by Gasteiger charge is -2.17. The SMILES string of the molecule is Nc1ncncc1CNC(=O)c1ccc(SC2CCCC2)c(C(F)(F)F)c1. The summed E-state index contributed by atoms with van der Waals surface area (Å²) < 4.78 is 40.5. The maximum atomic E-state index is 13.5. The molecule has 0 saturated heterocycles. The number of rotatable bonds is 5. The standard InChI is InChI=1S/C18H19F3N4OS/c19-18(20,21)14-7-11(5-6-15(14)27-13-3-1-2-4-13)17(26)24-9-12-8-23-10-25-16(12)22/h5-8,10,13H,1-4,9H2,(H,24,26)(H2,22,23,25). The molecule has 1 aromatic heterocycles. The lowest BCUT2D eigenvalue weighted by Crippen LogP contribution is -2.24. The first-order valence-corrected chi connectivity index (χ1v) is 9.43. The van der Waals surface area contributed by atoms with Crippen LogP contribution in [0.1, 0.15) is 47.2 Å². The largest absolute Gasteiger partial charge is 0.417 e. The first-order valence-electron chi connectivity index (χ1n) is 8.55. The summed E-state index contributed by atoms with van der Waals surface area (Å²) in [5.41, 5.74) is 5.35. The number of alkyl halides is 3. The first kappa shape index (κ1) is 19.5. The van der Waals surface area contributed by atoms with Crippen LogP contribution >= 0.6 is 11.8 Å². The van der Waals surface area contributed by atoms with Crippen LogP contribution in [0.2, 0.25) is 0 Å². The van der Waals surface area contributed by atoms with Gasteiger partial charge in [-0.15, -0.1) is 11.8 Å². The molecule has 144 valence electrons. The Morgan fingerprint density at radius 3 is 2.70 bits per heavy atom. The molecule has 0 aliphatic heterocycles. The van der Waals surface area contributed by atoms with E-state index in [2.05, 4.69) is 15.3 Å². The molecular weight excluding hydrogens is 377 g/mol. The lowest BCUT2D eigenvalue weighted by atomic mass is 10.1. The fourth-order valence-electron chi connectivity index (χ4n) is 2.96. The number of halogens is 3. The molecule has 1 amide bonds. The molecule has 5 nitrogen and oxygen atoms in total. The molecule has 0 bridgehead atoms. The predicted molar refractivity (Wildman–Crippen MR) is 97.2 cm³/mol. The van der Waals surface area contributed by atoms with Crippen LogP contribution in [0.4, 0.5) is 19.0 Å². The molecular formula is C18H19F3N4OS. The Bertz CT molecular complexity index is 822. The number of hydrogen-bond donors (Lipinski definition) is 2. The highest BCUT2D eigenvalue weighted by atomic mass is 32.2. The Kier molecular flexibility index (Phi) is 5.88. The highest BCUT2D eigenvalue weighted by Crippen LogP contribution is 2.42. The van der Waals surface area contributed by atoms with Crippen molar-refractivity contribution in [3.8, 4) is 0 Å². The molecule has 1 saturated carbocycles. The Hall–Kier alpha value is -2.29. The van der Waals surface area contributed by atoms with Crippen LogP contribution < -0.4 is 11.1 Å². The van der Waals surface area contributed by atoms with E-state index in [0.29, 0.717) is 5.56 Å². The summed E-state index contributed by atoms with van der Waals surface area (Å²) in [5, 5.41) is 2.76. The number of anilines is 1. The van der Waals surface area contributed by atoms with Gasteiger partial charge in [0.05, 0.1) is 5.56 Å². The van der Waals surface area contributed by atoms with E-state index in [0.717, 1.165) is 31.7 Å². The van der Waals surface area contributed by atoms with Gasteiger partial charge in [0, 0.05) is 34.0 Å². The monoisotopic (exact) mass is 396 g/mol. The molecule has 0 spiro atoms. The van der Waals surface area contributed by atoms with Gasteiger partial charge in [0.1, 0.15) is 12.1 Å². The molecule has 1 heterocycles. The van der Waals surface area contributed by atoms with Crippen LogP contribution in [0.25, 0.3) is 0 Å². The Morgan fingerprint density at radius 2 is 2.04 bits per heavy atom. The topological polar surface area (TPSA) is 80.9 Å². The average Bonchev–Trinajstić information content (AvgIpc) is 3.13. The number of nitrogens with zero attached hydrogens (tertiary/aromatic N) is 2. The van der Waals surface area contributed by atoms with Crippen molar-refractivity contribution in [3.05, 3.63) is 47.4 Å². The van der Waals surface area contributed by atoms with Crippen molar-refractivity contribution in [2.24, 2.45) is 0 Å². The van der Waals surface area contributed by atoms with E-state index in [-0.39, 0.29) is 28.1 Å². The van der Waals surface area contributed by atoms with Crippen LogP contribution in [-0.4, -0.2) is 21.1 Å². The highest BCUT2D eigenvalue weighted by Gasteiger charge is 2.35. The maximum Gasteiger partial charge on any atom is 0.417 e. The van der Waals surface area contributed by atoms with E-state index in [1.807, 2.05) is 0 Å². The smallest absolute Gasteiger partial charge is 0.383 e. The zero-order chi connectivity index (χ0) is 19.4. The summed E-state index contributed by atoms with van der Waals surface area (Å²) in [6, 6.07) is 3.73. The number of hydrogen-bond acceptors (Lipinski definition) is 5. The number of aromatic nitrogens is 2. The molecule has 0 atom stereocenters. The summed E-state index contributed by atoms with van der Waals surface area (Å²) >= 11 is 1.25. The van der Waals surface area contributed by atoms with Crippen molar-refractivity contribution in [2.45, 2.75) is 48.5 Å². The quantitative estimate of drug-likeness (QED) is 0.797. The van der Waals surface area contributed by atoms with Crippen LogP contribution in [-0.2, 0) is 12.7 Å². The zero-order valence-electron chi connectivity index (χ0n) is 14.4. The molecule has 0 radical (unpaired) electrons. The molecule has 1 aliphatic rings. The van der Waals surface area contributed by atoms with Crippen molar-refractivity contribution in [3.63, 3.8) is 0 Å². The van der Waals surface area contributed by atoms with Crippen molar-refractivity contribution in [2.75, 3.05) is 5.73 Å². The molecule has 3 rings (SSSR count). The molecule has 27 heavy (non-hydrogen) atoms. The average molecular weight is 396 g/mol. The number of benzene rings is 1. The third-order valence-corrected chi connectivity index (χ3v) is 5.82. The molecule has 1 fully saturated rings. The predicted octanol–water partition coefficient (Wildman–Crippen LogP) is 4.04. The minimum Gasteiger partial charge on any atom is -0.383 e. The molecule has 3 N–H and O–H groups in total. The third-order valence-electron chi connectivity index (χ3n) is 4.41. The zero-order valence-corrected chi connectivity index (χ0v) is 15.2. The van der Waals surface area contributed by atoms with Gasteiger partial charge in [-0.3, -0.25) is 4.79 Å². The lowest BCUT2D eigenvalue weighted by molar-refractivity contribution is -0.139. The maximum absolute atomic E-state index is 13.5. The van der Waals surface area contributed by atoms with E-state index in [9.17, 15) is 18.0 Å². The molecule has 1 aliphatic carbocycles. The van der Waals surface area contributed by atoms with Crippen molar-refractivity contribution >= 4 is 23.5 Å². The summed E-state index contributed by atoms with van der Waals surface area (Å²) in [7, 11) is 0. The minimum atomic E-state index is -4.52. The minimum absolute atomic E-state index is 0.0332. The van der Waals surface area contributed by atoms with Crippen molar-refractivity contribution in [1.82, 2.24) is 15.3 Å². The van der Waals surface area contributed by atoms with Gasteiger partial charge in [0.25, 0.3) is 5.91 Å². The number of nitrogen functional groups attached to an aromatic ring is 1. The fraction of sp³-hybridized carbons (Fsp3) is 0.389. The Labute approximate surface area is 159 Å². The second kappa shape index (κ2) is 8.16. The van der Waals surface area contributed by atoms with E-state index in [4.69, 9.17) is 5.73 Å². The summed E-state index contributed by atoms with van der Waals surface area (Å²) in [5.74, 6) is -0.397. The van der Waals surface area contributed by atoms with Gasteiger partial charge in [-0.05, 0) is 31.0 Å². The van der Waals surface area contributed by atoms with E-state index >= 15 is 0 Å². The first-order chi connectivity index (χ1) is 12.8. The summed E-state index contributed by atoms with van der Waals surface area (Å²) in [6.07, 6.45) is 2.14. The number of nitrogens with two attached hydrogens (primary N) is 1. The summed E-state index contributed by atoms with van der Waals surface area (Å²) in [4.78, 5) is 20.1. The van der Waals surface area contributed by atoms with Crippen LogP contribution in [0.15, 0.2) is 35.6 Å². The van der Waals surface area contributed by atoms with Gasteiger partial charge >= 0.3 is 6.18 Å². The van der Waals surface area contributed by atoms with Crippen LogP contribution in [0.5, 0.6) is 0 Å². The van der Waals surface area contributed by atoms with E-state index in [1.54, 1.807) is 0 Å². The Balaban J connectivity index is 1.76. The van der Waals surface area contributed by atoms with Gasteiger partial charge in [-0.1, -0.05) is 12.8 Å². The van der Waals surface area contributed by atoms with Gasteiger partial charge in [0.2, 0.25) is 0 Å². The van der Waals surface area contributed by atoms with Gasteiger partial charge in [-0.25, -0.2) is 9.97 Å². The van der Waals surface area contributed by atoms with Gasteiger partial charge < -0.3 is 11.1 Å². The Morgan fingerprint density at radius 1 is 1.30 bits per heavy atom. The number of carbonyl (C=O) groups is 1. The normalized spacial score (nSPS) is 15.1. The van der Waals surface area contributed by atoms with Crippen LogP contribution in [0, 0.1) is 0 Å².